The first-order valence-corrected chi connectivity index (χ1v) is 7.98. The van der Waals surface area contributed by atoms with Crippen LogP contribution < -0.4 is 5.32 Å². The molecule has 0 spiro atoms. The number of nitrogens with one attached hydrogen (secondary N) is 1. The van der Waals surface area contributed by atoms with Crippen molar-refractivity contribution in [2.45, 2.75) is 25.0 Å². The van der Waals surface area contributed by atoms with Crippen molar-refractivity contribution in [2.75, 3.05) is 26.8 Å². The first kappa shape index (κ1) is 18.6. The summed E-state index contributed by atoms with van der Waals surface area (Å²) in [6.45, 7) is 1.18. The molecule has 1 unspecified atom stereocenters. The SMILES string of the molecule is COCCCN1CCC(O)(C(=O)NCc2cc(F)cc(Cl)c2)C1=O. The highest BCUT2D eigenvalue weighted by molar-refractivity contribution is 6.30. The molecule has 1 heterocycles. The fourth-order valence-electron chi connectivity index (χ4n) is 2.63. The zero-order valence-corrected chi connectivity index (χ0v) is 14.1. The lowest BCUT2D eigenvalue weighted by Crippen LogP contribution is -2.52. The van der Waals surface area contributed by atoms with Crippen molar-refractivity contribution >= 4 is 23.4 Å². The number of methoxy groups -OCH3 is 1. The average molecular weight is 359 g/mol. The molecule has 132 valence electrons. The summed E-state index contributed by atoms with van der Waals surface area (Å²) >= 11 is 5.75. The number of ether oxygens (including phenoxy) is 1. The second-order valence-electron chi connectivity index (χ2n) is 5.71. The van der Waals surface area contributed by atoms with Gasteiger partial charge in [-0.15, -0.1) is 0 Å². The van der Waals surface area contributed by atoms with Gasteiger partial charge in [-0.05, 0) is 30.2 Å². The van der Waals surface area contributed by atoms with Crippen LogP contribution in [-0.2, 0) is 20.9 Å². The van der Waals surface area contributed by atoms with Gasteiger partial charge in [-0.2, -0.15) is 0 Å². The zero-order valence-electron chi connectivity index (χ0n) is 13.3. The smallest absolute Gasteiger partial charge is 0.264 e. The molecule has 2 rings (SSSR count). The van der Waals surface area contributed by atoms with Crippen LogP contribution in [0.15, 0.2) is 18.2 Å². The summed E-state index contributed by atoms with van der Waals surface area (Å²) in [5, 5.41) is 13.1. The highest BCUT2D eigenvalue weighted by atomic mass is 35.5. The molecule has 0 aliphatic carbocycles. The summed E-state index contributed by atoms with van der Waals surface area (Å²) in [4.78, 5) is 26.0. The van der Waals surface area contributed by atoms with Crippen LogP contribution in [-0.4, -0.2) is 54.2 Å². The van der Waals surface area contributed by atoms with Gasteiger partial charge in [0.2, 0.25) is 5.60 Å². The van der Waals surface area contributed by atoms with E-state index in [0.717, 1.165) is 6.07 Å². The van der Waals surface area contributed by atoms with E-state index in [1.54, 1.807) is 7.11 Å². The minimum Gasteiger partial charge on any atom is -0.385 e. The fourth-order valence-corrected chi connectivity index (χ4v) is 2.88. The molecule has 1 aromatic carbocycles. The number of hydrogen-bond acceptors (Lipinski definition) is 4. The Morgan fingerprint density at radius 2 is 2.25 bits per heavy atom. The second-order valence-corrected chi connectivity index (χ2v) is 6.15. The van der Waals surface area contributed by atoms with Crippen LogP contribution in [0.25, 0.3) is 0 Å². The predicted molar refractivity (Wildman–Crippen MR) is 85.9 cm³/mol. The Morgan fingerprint density at radius 3 is 2.92 bits per heavy atom. The van der Waals surface area contributed by atoms with E-state index in [0.29, 0.717) is 31.7 Å². The Bertz CT molecular complexity index is 608. The van der Waals surface area contributed by atoms with E-state index in [4.69, 9.17) is 16.3 Å². The number of halogens is 2. The van der Waals surface area contributed by atoms with E-state index in [9.17, 15) is 19.1 Å². The summed E-state index contributed by atoms with van der Waals surface area (Å²) in [5.41, 5.74) is -1.64. The van der Waals surface area contributed by atoms with E-state index in [2.05, 4.69) is 5.32 Å². The number of hydrogen-bond donors (Lipinski definition) is 2. The van der Waals surface area contributed by atoms with Crippen molar-refractivity contribution in [1.82, 2.24) is 10.2 Å². The Morgan fingerprint density at radius 1 is 1.50 bits per heavy atom. The second kappa shape index (κ2) is 7.92. The number of amides is 2. The third-order valence-corrected chi connectivity index (χ3v) is 4.13. The molecule has 2 amide bonds. The molecule has 6 nitrogen and oxygen atoms in total. The maximum Gasteiger partial charge on any atom is 0.264 e. The molecule has 0 aromatic heterocycles. The molecule has 1 saturated heterocycles. The average Bonchev–Trinajstić information content (AvgIpc) is 2.81. The topological polar surface area (TPSA) is 78.9 Å². The largest absolute Gasteiger partial charge is 0.385 e. The van der Waals surface area contributed by atoms with Crippen LogP contribution >= 0.6 is 11.6 Å². The van der Waals surface area contributed by atoms with E-state index in [-0.39, 0.29) is 18.0 Å². The van der Waals surface area contributed by atoms with Crippen molar-refractivity contribution in [3.8, 4) is 0 Å². The Labute approximate surface area is 144 Å². The number of nitrogens with zero attached hydrogens (tertiary/aromatic N) is 1. The number of aliphatic hydroxyl groups is 1. The Kier molecular flexibility index (Phi) is 6.15. The molecule has 1 fully saturated rings. The monoisotopic (exact) mass is 358 g/mol. The summed E-state index contributed by atoms with van der Waals surface area (Å²) in [6, 6.07) is 3.88. The third-order valence-electron chi connectivity index (χ3n) is 3.91. The van der Waals surface area contributed by atoms with Crippen molar-refractivity contribution in [3.63, 3.8) is 0 Å². The highest BCUT2D eigenvalue weighted by Gasteiger charge is 2.50. The van der Waals surface area contributed by atoms with E-state index < -0.39 is 23.2 Å². The van der Waals surface area contributed by atoms with Crippen molar-refractivity contribution < 1.29 is 23.8 Å². The van der Waals surface area contributed by atoms with Crippen LogP contribution in [0.5, 0.6) is 0 Å². The quantitative estimate of drug-likeness (QED) is 0.565. The van der Waals surface area contributed by atoms with Crippen molar-refractivity contribution in [2.24, 2.45) is 0 Å². The molecular formula is C16H20ClFN2O4. The maximum absolute atomic E-state index is 13.3. The first-order valence-electron chi connectivity index (χ1n) is 7.61. The van der Waals surface area contributed by atoms with Crippen LogP contribution in [0.1, 0.15) is 18.4 Å². The standard InChI is InChI=1S/C16H20ClFN2O4/c1-24-6-2-4-20-5-3-16(23,15(20)22)14(21)19-10-11-7-12(17)9-13(18)8-11/h7-9,23H,2-6,10H2,1H3,(H,19,21). The highest BCUT2D eigenvalue weighted by Crippen LogP contribution is 2.24. The lowest BCUT2D eigenvalue weighted by Gasteiger charge is -2.21. The van der Waals surface area contributed by atoms with Gasteiger partial charge >= 0.3 is 0 Å². The molecule has 2 N–H and O–H groups in total. The Hall–Kier alpha value is -1.70. The maximum atomic E-state index is 13.3. The minimum atomic E-state index is -2.08. The summed E-state index contributed by atoms with van der Waals surface area (Å²) in [5.74, 6) is -1.93. The number of rotatable bonds is 7. The molecule has 1 aliphatic rings. The van der Waals surface area contributed by atoms with Crippen molar-refractivity contribution in [3.05, 3.63) is 34.6 Å². The van der Waals surface area contributed by atoms with Gasteiger partial charge < -0.3 is 20.1 Å². The molecule has 1 aromatic rings. The van der Waals surface area contributed by atoms with E-state index in [1.165, 1.54) is 17.0 Å². The van der Waals surface area contributed by atoms with Crippen LogP contribution in [0.3, 0.4) is 0 Å². The van der Waals surface area contributed by atoms with E-state index in [1.807, 2.05) is 0 Å². The third kappa shape index (κ3) is 4.23. The predicted octanol–water partition coefficient (Wildman–Crippen LogP) is 1.10. The van der Waals surface area contributed by atoms with Crippen LogP contribution in [0.2, 0.25) is 5.02 Å². The van der Waals surface area contributed by atoms with Gasteiger partial charge in [-0.1, -0.05) is 11.6 Å². The van der Waals surface area contributed by atoms with Gasteiger partial charge in [0.25, 0.3) is 11.8 Å². The van der Waals surface area contributed by atoms with Crippen LogP contribution in [0, 0.1) is 5.82 Å². The molecule has 0 bridgehead atoms. The molecule has 0 saturated carbocycles. The van der Waals surface area contributed by atoms with Gasteiger partial charge in [0.05, 0.1) is 0 Å². The molecule has 24 heavy (non-hydrogen) atoms. The van der Waals surface area contributed by atoms with E-state index >= 15 is 0 Å². The van der Waals surface area contributed by atoms with Gasteiger partial charge in [0, 0.05) is 44.8 Å². The minimum absolute atomic E-state index is 0.0224. The van der Waals surface area contributed by atoms with Crippen LogP contribution in [0.4, 0.5) is 4.39 Å². The fraction of sp³-hybridized carbons (Fsp3) is 0.500. The number of benzene rings is 1. The lowest BCUT2D eigenvalue weighted by atomic mass is 10.0. The molecule has 0 radical (unpaired) electrons. The Balaban J connectivity index is 1.94. The molecule has 8 heteroatoms. The summed E-state index contributed by atoms with van der Waals surface area (Å²) in [6.07, 6.45) is 0.649. The number of likely N-dealkylation sites (tertiary alicyclic amines) is 1. The van der Waals surface area contributed by atoms with Gasteiger partial charge in [-0.3, -0.25) is 9.59 Å². The van der Waals surface area contributed by atoms with Gasteiger partial charge in [-0.25, -0.2) is 4.39 Å². The molecule has 1 atom stereocenters. The van der Waals surface area contributed by atoms with Gasteiger partial charge in [0.1, 0.15) is 5.82 Å². The summed E-state index contributed by atoms with van der Waals surface area (Å²) < 4.78 is 18.2. The molecule has 1 aliphatic heterocycles. The number of carbonyl (C=O) groups is 2. The first-order chi connectivity index (χ1) is 11.4. The normalized spacial score (nSPS) is 20.5. The van der Waals surface area contributed by atoms with Crippen molar-refractivity contribution in [1.29, 1.82) is 0 Å². The zero-order chi connectivity index (χ0) is 17.7. The number of carbonyl (C=O) groups excluding carboxylic acids is 2. The van der Waals surface area contributed by atoms with Gasteiger partial charge in [0.15, 0.2) is 0 Å². The molecular weight excluding hydrogens is 339 g/mol. The summed E-state index contributed by atoms with van der Waals surface area (Å²) in [7, 11) is 1.56. The lowest BCUT2D eigenvalue weighted by molar-refractivity contribution is -0.154.